The van der Waals surface area contributed by atoms with E-state index in [1.54, 1.807) is 0 Å². The first-order valence-electron chi connectivity index (χ1n) is 23.5. The van der Waals surface area contributed by atoms with Gasteiger partial charge in [-0.05, 0) is 145 Å². The Hall–Kier alpha value is -8.30. The lowest BCUT2D eigenvalue weighted by Gasteiger charge is -2.35. The summed E-state index contributed by atoms with van der Waals surface area (Å²) in [5, 5.41) is 5.10. The predicted octanol–water partition coefficient (Wildman–Crippen LogP) is 18.4. The van der Waals surface area contributed by atoms with E-state index in [4.69, 9.17) is 0 Å². The van der Waals surface area contributed by atoms with Crippen LogP contribution in [-0.2, 0) is 5.41 Å². The van der Waals surface area contributed by atoms with Gasteiger partial charge < -0.3 is 4.90 Å². The molecule has 0 saturated carbocycles. The zero-order chi connectivity index (χ0) is 45.2. The molecule has 0 amide bonds. The molecule has 1 aromatic heterocycles. The monoisotopic (exact) mass is 883 g/mol. The van der Waals surface area contributed by atoms with Gasteiger partial charge in [0, 0.05) is 37.1 Å². The van der Waals surface area contributed by atoms with E-state index < -0.39 is 5.41 Å². The van der Waals surface area contributed by atoms with E-state index in [2.05, 4.69) is 267 Å². The molecule has 1 heterocycles. The molecule has 0 radical (unpaired) electrons. The van der Waals surface area contributed by atoms with Crippen LogP contribution in [0.4, 0.5) is 17.1 Å². The number of anilines is 3. The summed E-state index contributed by atoms with van der Waals surface area (Å²) in [7, 11) is 0. The first-order chi connectivity index (χ1) is 33.6. The number of thiophene rings is 1. The van der Waals surface area contributed by atoms with Gasteiger partial charge in [-0.2, -0.15) is 0 Å². The number of para-hydroxylation sites is 1. The van der Waals surface area contributed by atoms with E-state index in [1.165, 1.54) is 103 Å². The summed E-state index contributed by atoms with van der Waals surface area (Å²) >= 11 is 1.86. The molecule has 0 N–H and O–H groups in total. The van der Waals surface area contributed by atoms with E-state index in [-0.39, 0.29) is 0 Å². The molecular weight excluding hydrogens is 839 g/mol. The molecule has 13 rings (SSSR count). The number of rotatable bonds is 8. The lowest BCUT2D eigenvalue weighted by molar-refractivity contribution is 0.768. The van der Waals surface area contributed by atoms with Crippen LogP contribution >= 0.6 is 11.3 Å². The Morgan fingerprint density at radius 2 is 0.956 bits per heavy atom. The average molecular weight is 884 g/mol. The van der Waals surface area contributed by atoms with Crippen molar-refractivity contribution in [3.05, 3.63) is 283 Å². The smallest absolute Gasteiger partial charge is 0.0714 e. The Morgan fingerprint density at radius 1 is 0.353 bits per heavy atom. The van der Waals surface area contributed by atoms with Crippen molar-refractivity contribution in [3.8, 4) is 44.5 Å². The Kier molecular flexibility index (Phi) is 9.56. The van der Waals surface area contributed by atoms with Crippen LogP contribution in [0.3, 0.4) is 0 Å². The Labute approximate surface area is 401 Å². The Balaban J connectivity index is 1.01. The van der Waals surface area contributed by atoms with Crippen LogP contribution in [-0.4, -0.2) is 0 Å². The van der Waals surface area contributed by atoms with Gasteiger partial charge in [0.1, 0.15) is 0 Å². The molecule has 0 bridgehead atoms. The minimum atomic E-state index is -0.536. The normalized spacial score (nSPS) is 12.6. The Morgan fingerprint density at radius 3 is 1.75 bits per heavy atom. The molecule has 1 aliphatic carbocycles. The summed E-state index contributed by atoms with van der Waals surface area (Å²) in [6.45, 7) is 2.30. The second-order valence-electron chi connectivity index (χ2n) is 18.1. The van der Waals surface area contributed by atoms with E-state index in [1.807, 2.05) is 11.3 Å². The molecule has 0 saturated heterocycles. The highest BCUT2D eigenvalue weighted by Crippen LogP contribution is 2.58. The van der Waals surface area contributed by atoms with Gasteiger partial charge >= 0.3 is 0 Å². The fourth-order valence-electron chi connectivity index (χ4n) is 11.2. The molecule has 68 heavy (non-hydrogen) atoms. The molecule has 1 nitrogen and oxygen atoms in total. The molecular formula is C66H45NS. The van der Waals surface area contributed by atoms with Crippen molar-refractivity contribution in [1.82, 2.24) is 0 Å². The van der Waals surface area contributed by atoms with Crippen molar-refractivity contribution < 1.29 is 0 Å². The van der Waals surface area contributed by atoms with E-state index in [9.17, 15) is 0 Å². The maximum atomic E-state index is 2.50. The Bertz CT molecular complexity index is 3820. The first kappa shape index (κ1) is 40.0. The van der Waals surface area contributed by atoms with Gasteiger partial charge in [-0.15, -0.1) is 11.3 Å². The molecule has 0 unspecified atom stereocenters. The highest BCUT2D eigenvalue weighted by atomic mass is 32.1. The van der Waals surface area contributed by atoms with E-state index in [0.29, 0.717) is 0 Å². The van der Waals surface area contributed by atoms with Crippen LogP contribution in [0.15, 0.2) is 255 Å². The average Bonchev–Trinajstić information content (AvgIpc) is 3.93. The summed E-state index contributed by atoms with van der Waals surface area (Å²) in [6.07, 6.45) is 0. The number of nitrogens with zero attached hydrogens (tertiary/aromatic N) is 1. The van der Waals surface area contributed by atoms with Gasteiger partial charge in [-0.25, -0.2) is 0 Å². The number of aryl methyl sites for hydroxylation is 1. The molecule has 0 aliphatic heterocycles. The van der Waals surface area contributed by atoms with Gasteiger partial charge in [0.25, 0.3) is 0 Å². The van der Waals surface area contributed by atoms with E-state index in [0.717, 1.165) is 17.1 Å². The van der Waals surface area contributed by atoms with Crippen molar-refractivity contribution in [2.75, 3.05) is 4.90 Å². The third-order valence-electron chi connectivity index (χ3n) is 14.2. The van der Waals surface area contributed by atoms with E-state index >= 15 is 0 Å². The van der Waals surface area contributed by atoms with Crippen molar-refractivity contribution in [2.45, 2.75) is 12.3 Å². The summed E-state index contributed by atoms with van der Waals surface area (Å²) in [5.41, 5.74) is 18.9. The zero-order valence-electron chi connectivity index (χ0n) is 37.6. The van der Waals surface area contributed by atoms with Crippen LogP contribution in [0, 0.1) is 6.92 Å². The van der Waals surface area contributed by atoms with Gasteiger partial charge in [-0.3, -0.25) is 0 Å². The van der Waals surface area contributed by atoms with Crippen LogP contribution in [0.25, 0.3) is 75.5 Å². The minimum Gasteiger partial charge on any atom is -0.310 e. The quantitative estimate of drug-likeness (QED) is 0.147. The van der Waals surface area contributed by atoms with Gasteiger partial charge in [-0.1, -0.05) is 194 Å². The van der Waals surface area contributed by atoms with Crippen molar-refractivity contribution >= 4 is 59.3 Å². The lowest BCUT2D eigenvalue weighted by Crippen LogP contribution is -2.28. The largest absolute Gasteiger partial charge is 0.310 e. The SMILES string of the molecule is Cc1cc(N(c2ccc(-c3cccc(-c4ccc5ccccc5c4)c3)cc2)c2ccccc2-c2ccc3sc4ccccc4c3c2)cc2c1-c1ccccc1C2(c1ccccc1)c1ccccc1. The van der Waals surface area contributed by atoms with Crippen LogP contribution < -0.4 is 4.90 Å². The van der Waals surface area contributed by atoms with Crippen LogP contribution in [0.2, 0.25) is 0 Å². The molecule has 1 aliphatic rings. The lowest BCUT2D eigenvalue weighted by atomic mass is 9.67. The maximum absolute atomic E-state index is 2.50. The molecule has 0 atom stereocenters. The topological polar surface area (TPSA) is 3.24 Å². The third kappa shape index (κ3) is 6.44. The fraction of sp³-hybridized carbons (Fsp3) is 0.0303. The summed E-state index contributed by atoms with van der Waals surface area (Å²) < 4.78 is 2.61. The van der Waals surface area contributed by atoms with Crippen LogP contribution in [0.5, 0.6) is 0 Å². The maximum Gasteiger partial charge on any atom is 0.0714 e. The summed E-state index contributed by atoms with van der Waals surface area (Å²) in [4.78, 5) is 2.50. The number of hydrogen-bond acceptors (Lipinski definition) is 2. The third-order valence-corrected chi connectivity index (χ3v) is 15.4. The summed E-state index contributed by atoms with van der Waals surface area (Å²) in [5.74, 6) is 0. The van der Waals surface area contributed by atoms with Gasteiger partial charge in [0.15, 0.2) is 0 Å². The van der Waals surface area contributed by atoms with Crippen LogP contribution in [0.1, 0.15) is 27.8 Å². The second kappa shape index (κ2) is 16.2. The molecule has 0 spiro atoms. The second-order valence-corrected chi connectivity index (χ2v) is 19.1. The molecule has 0 fully saturated rings. The molecule has 12 aromatic rings. The van der Waals surface area contributed by atoms with Crippen molar-refractivity contribution in [2.24, 2.45) is 0 Å². The predicted molar refractivity (Wildman–Crippen MR) is 290 cm³/mol. The van der Waals surface area contributed by atoms with Gasteiger partial charge in [0.2, 0.25) is 0 Å². The summed E-state index contributed by atoms with van der Waals surface area (Å²) in [6, 6.07) is 94.5. The standard InChI is InChI=1S/C66H45NS/c1-44-39-55(43-61-65(44)58-27-10-13-28-60(58)66(61,52-21-4-2-5-22-52)53-23-6-3-7-24-53)67(62-29-14-11-25-56(62)51-35-38-64-59(42-51)57-26-12-15-30-63(57)68-64)54-36-33-46(34-37-54)48-19-16-20-49(40-48)50-32-31-45-17-8-9-18-47(45)41-50/h2-43H,1H3. The minimum absolute atomic E-state index is 0.536. The number of fused-ring (bicyclic) bond motifs is 7. The highest BCUT2D eigenvalue weighted by Gasteiger charge is 2.47. The number of hydrogen-bond donors (Lipinski definition) is 0. The van der Waals surface area contributed by atoms with Crippen molar-refractivity contribution in [1.29, 1.82) is 0 Å². The molecule has 11 aromatic carbocycles. The number of benzene rings is 11. The zero-order valence-corrected chi connectivity index (χ0v) is 38.4. The van der Waals surface area contributed by atoms with Crippen molar-refractivity contribution in [3.63, 3.8) is 0 Å². The highest BCUT2D eigenvalue weighted by molar-refractivity contribution is 7.25. The molecule has 2 heteroatoms. The fourth-order valence-corrected chi connectivity index (χ4v) is 12.3. The van der Waals surface area contributed by atoms with Gasteiger partial charge in [0.05, 0.1) is 11.1 Å². The molecule has 320 valence electrons. The first-order valence-corrected chi connectivity index (χ1v) is 24.3.